The summed E-state index contributed by atoms with van der Waals surface area (Å²) in [7, 11) is 0. The minimum absolute atomic E-state index is 0.0942. The van der Waals surface area contributed by atoms with Crippen LogP contribution in [0.25, 0.3) is 11.6 Å². The van der Waals surface area contributed by atoms with Gasteiger partial charge >= 0.3 is 0 Å². The highest BCUT2D eigenvalue weighted by Gasteiger charge is 2.10. The molecule has 0 fully saturated rings. The van der Waals surface area contributed by atoms with Crippen LogP contribution < -0.4 is 0 Å². The lowest BCUT2D eigenvalue weighted by molar-refractivity contribution is 0.281. The average Bonchev–Trinajstić information content (AvgIpc) is 2.55. The Balaban J connectivity index is 2.42. The van der Waals surface area contributed by atoms with E-state index in [9.17, 15) is 5.11 Å². The summed E-state index contributed by atoms with van der Waals surface area (Å²) in [6, 6.07) is 16.6. The predicted octanol–water partition coefficient (Wildman–Crippen LogP) is 5.61. The van der Waals surface area contributed by atoms with Gasteiger partial charge in [0.15, 0.2) is 0 Å². The molecule has 0 aromatic heterocycles. The summed E-state index contributed by atoms with van der Waals surface area (Å²) in [6.07, 6.45) is 6.98. The third-order valence-corrected chi connectivity index (χ3v) is 4.04. The summed E-state index contributed by atoms with van der Waals surface area (Å²) in [5.74, 6) is 0. The molecule has 2 aromatic rings. The Morgan fingerprint density at radius 2 is 1.77 bits per heavy atom. The van der Waals surface area contributed by atoms with Gasteiger partial charge in [0, 0.05) is 0 Å². The van der Waals surface area contributed by atoms with Crippen LogP contribution in [-0.4, -0.2) is 5.11 Å². The molecule has 0 saturated carbocycles. The summed E-state index contributed by atoms with van der Waals surface area (Å²) in [4.78, 5) is 0. The highest BCUT2D eigenvalue weighted by atomic mass is 16.3. The molecule has 0 aliphatic carbocycles. The number of rotatable bonds is 7. The zero-order chi connectivity index (χ0) is 15.8. The second kappa shape index (κ2) is 8.55. The molecule has 0 unspecified atom stereocenters. The van der Waals surface area contributed by atoms with Gasteiger partial charge in [-0.3, -0.25) is 0 Å². The first-order chi connectivity index (χ1) is 10.8. The molecule has 0 aliphatic rings. The lowest BCUT2D eigenvalue weighted by atomic mass is 9.90. The van der Waals surface area contributed by atoms with Gasteiger partial charge in [-0.25, -0.2) is 0 Å². The van der Waals surface area contributed by atoms with Crippen molar-refractivity contribution >= 4 is 11.6 Å². The summed E-state index contributed by atoms with van der Waals surface area (Å²) in [5.41, 5.74) is 6.05. The molecular weight excluding hydrogens is 268 g/mol. The third kappa shape index (κ3) is 4.32. The topological polar surface area (TPSA) is 20.2 Å². The normalized spacial score (nSPS) is 11.7. The fourth-order valence-corrected chi connectivity index (χ4v) is 2.91. The van der Waals surface area contributed by atoms with Crippen LogP contribution in [-0.2, 0) is 6.61 Å². The number of hydrogen-bond donors (Lipinski definition) is 1. The van der Waals surface area contributed by atoms with Gasteiger partial charge in [0.1, 0.15) is 0 Å². The van der Waals surface area contributed by atoms with E-state index in [1.54, 1.807) is 0 Å². The largest absolute Gasteiger partial charge is 0.392 e. The Morgan fingerprint density at radius 1 is 1.00 bits per heavy atom. The number of unbranched alkanes of at least 4 members (excludes halogenated alkanes) is 2. The van der Waals surface area contributed by atoms with E-state index >= 15 is 0 Å². The van der Waals surface area contributed by atoms with Crippen molar-refractivity contribution in [2.24, 2.45) is 0 Å². The molecule has 1 N–H and O–H groups in total. The van der Waals surface area contributed by atoms with Gasteiger partial charge in [0.25, 0.3) is 0 Å². The molecular formula is C21H26O. The molecule has 2 rings (SSSR count). The van der Waals surface area contributed by atoms with Crippen LogP contribution in [0, 0.1) is 6.92 Å². The van der Waals surface area contributed by atoms with Gasteiger partial charge in [-0.2, -0.15) is 0 Å². The molecule has 2 aromatic carbocycles. The van der Waals surface area contributed by atoms with Crippen LogP contribution in [0.3, 0.4) is 0 Å². The van der Waals surface area contributed by atoms with E-state index in [1.807, 2.05) is 18.2 Å². The van der Waals surface area contributed by atoms with Gasteiger partial charge < -0.3 is 5.11 Å². The molecule has 0 amide bonds. The van der Waals surface area contributed by atoms with E-state index in [4.69, 9.17) is 0 Å². The Hall–Kier alpha value is -1.86. The monoisotopic (exact) mass is 294 g/mol. The van der Waals surface area contributed by atoms with Crippen LogP contribution in [0.15, 0.2) is 48.5 Å². The van der Waals surface area contributed by atoms with Crippen LogP contribution in [0.4, 0.5) is 0 Å². The molecule has 0 radical (unpaired) electrons. The lowest BCUT2D eigenvalue weighted by Gasteiger charge is -2.15. The average molecular weight is 294 g/mol. The summed E-state index contributed by atoms with van der Waals surface area (Å²) in [5, 5.41) is 9.70. The highest BCUT2D eigenvalue weighted by molar-refractivity contribution is 5.84. The second-order valence-corrected chi connectivity index (χ2v) is 5.80. The number of aliphatic hydroxyl groups excluding tert-OH is 1. The highest BCUT2D eigenvalue weighted by Crippen LogP contribution is 2.30. The van der Waals surface area contributed by atoms with Gasteiger partial charge in [-0.1, -0.05) is 74.4 Å². The standard InChI is InChI=1S/C21H26O/c1-3-4-6-13-19(15-18-11-7-5-8-12-18)21-17(2)10-9-14-20(21)16-22/h5,7-12,14-15,22H,3-4,6,13,16H2,1-2H3/b19-15-. The number of hydrogen-bond acceptors (Lipinski definition) is 1. The van der Waals surface area contributed by atoms with Crippen LogP contribution in [0.5, 0.6) is 0 Å². The van der Waals surface area contributed by atoms with Gasteiger partial charge in [0.05, 0.1) is 6.61 Å². The number of benzene rings is 2. The van der Waals surface area contributed by atoms with E-state index in [0.717, 1.165) is 12.0 Å². The Kier molecular flexibility index (Phi) is 6.42. The van der Waals surface area contributed by atoms with E-state index in [0.29, 0.717) is 0 Å². The Morgan fingerprint density at radius 3 is 2.45 bits per heavy atom. The summed E-state index contributed by atoms with van der Waals surface area (Å²) < 4.78 is 0. The van der Waals surface area contributed by atoms with E-state index in [1.165, 1.54) is 41.5 Å². The smallest absolute Gasteiger partial charge is 0.0687 e. The van der Waals surface area contributed by atoms with E-state index < -0.39 is 0 Å². The first kappa shape index (κ1) is 16.5. The van der Waals surface area contributed by atoms with Crippen molar-refractivity contribution in [3.8, 4) is 0 Å². The van der Waals surface area contributed by atoms with Crippen molar-refractivity contribution in [3.05, 3.63) is 70.8 Å². The fraction of sp³-hybridized carbons (Fsp3) is 0.333. The predicted molar refractivity (Wildman–Crippen MR) is 95.6 cm³/mol. The van der Waals surface area contributed by atoms with E-state index in [-0.39, 0.29) is 6.61 Å². The van der Waals surface area contributed by atoms with Gasteiger partial charge in [-0.05, 0) is 47.6 Å². The molecule has 0 heterocycles. The zero-order valence-corrected chi connectivity index (χ0v) is 13.7. The van der Waals surface area contributed by atoms with E-state index in [2.05, 4.69) is 50.3 Å². The molecule has 22 heavy (non-hydrogen) atoms. The molecule has 1 nitrogen and oxygen atoms in total. The zero-order valence-electron chi connectivity index (χ0n) is 13.7. The molecule has 1 heteroatoms. The maximum Gasteiger partial charge on any atom is 0.0687 e. The first-order valence-corrected chi connectivity index (χ1v) is 8.21. The molecule has 0 saturated heterocycles. The van der Waals surface area contributed by atoms with Crippen molar-refractivity contribution in [1.29, 1.82) is 0 Å². The van der Waals surface area contributed by atoms with Gasteiger partial charge in [0.2, 0.25) is 0 Å². The van der Waals surface area contributed by atoms with Gasteiger partial charge in [-0.15, -0.1) is 0 Å². The second-order valence-electron chi connectivity index (χ2n) is 5.80. The van der Waals surface area contributed by atoms with Crippen molar-refractivity contribution in [2.75, 3.05) is 0 Å². The van der Waals surface area contributed by atoms with Crippen LogP contribution >= 0.6 is 0 Å². The minimum Gasteiger partial charge on any atom is -0.392 e. The van der Waals surface area contributed by atoms with Crippen LogP contribution in [0.1, 0.15) is 54.9 Å². The van der Waals surface area contributed by atoms with Crippen molar-refractivity contribution in [2.45, 2.75) is 46.1 Å². The first-order valence-electron chi connectivity index (χ1n) is 8.21. The van der Waals surface area contributed by atoms with Crippen LogP contribution in [0.2, 0.25) is 0 Å². The molecule has 0 aliphatic heterocycles. The maximum absolute atomic E-state index is 9.70. The quantitative estimate of drug-likeness (QED) is 0.520. The number of aliphatic hydroxyl groups is 1. The Bertz CT molecular complexity index is 611. The SMILES string of the molecule is CCCCC/C(=C/c1ccccc1)c1c(C)cccc1CO. The molecule has 0 bridgehead atoms. The Labute approximate surface area is 134 Å². The fourth-order valence-electron chi connectivity index (χ4n) is 2.91. The number of aryl methyl sites for hydroxylation is 1. The molecule has 116 valence electrons. The minimum atomic E-state index is 0.0942. The summed E-state index contributed by atoms with van der Waals surface area (Å²) in [6.45, 7) is 4.46. The third-order valence-electron chi connectivity index (χ3n) is 4.04. The summed E-state index contributed by atoms with van der Waals surface area (Å²) >= 11 is 0. The molecule has 0 spiro atoms. The number of allylic oxidation sites excluding steroid dienone is 1. The van der Waals surface area contributed by atoms with Crippen molar-refractivity contribution in [3.63, 3.8) is 0 Å². The van der Waals surface area contributed by atoms with Crippen molar-refractivity contribution in [1.82, 2.24) is 0 Å². The maximum atomic E-state index is 9.70. The van der Waals surface area contributed by atoms with Crippen molar-refractivity contribution < 1.29 is 5.11 Å². The lowest BCUT2D eigenvalue weighted by Crippen LogP contribution is -1.98. The molecule has 0 atom stereocenters.